The third-order valence-corrected chi connectivity index (χ3v) is 0. The summed E-state index contributed by atoms with van der Waals surface area (Å²) in [6, 6.07) is 0. The molecular formula is CH12O5S2. The molecule has 0 aromatic heterocycles. The monoisotopic (exact) mass is 168 g/mol. The van der Waals surface area contributed by atoms with E-state index >= 15 is 0 Å². The highest BCUT2D eigenvalue weighted by molar-refractivity contribution is 7.59. The van der Waals surface area contributed by atoms with Gasteiger partial charge in [0.1, 0.15) is 0 Å². The second kappa shape index (κ2) is 415. The third kappa shape index (κ3) is 1760. The van der Waals surface area contributed by atoms with Crippen molar-refractivity contribution >= 4 is 25.1 Å². The molecule has 0 saturated carbocycles. The smallest absolute Gasteiger partial charge is 0.335 e. The van der Waals surface area contributed by atoms with Crippen molar-refractivity contribution in [3.63, 3.8) is 0 Å². The van der Waals surface area contributed by atoms with Gasteiger partial charge in [0.25, 0.3) is 0 Å². The first-order chi connectivity index (χ1) is 2.41. The highest BCUT2D eigenvalue weighted by atomic mass is 32.1. The molecule has 0 aromatic rings. The summed E-state index contributed by atoms with van der Waals surface area (Å²) in [5, 5.41) is 0. The van der Waals surface area contributed by atoms with E-state index in [1.807, 2.05) is 0 Å². The fraction of sp³-hybridized carbons (Fsp3) is 1.00. The first-order valence-electron chi connectivity index (χ1n) is 0.500. The van der Waals surface area contributed by atoms with Crippen LogP contribution in [-0.2, 0) is 11.6 Å². The molecule has 0 fully saturated rings. The molecule has 0 radical (unpaired) electrons. The van der Waals surface area contributed by atoms with Crippen molar-refractivity contribution in [3.05, 3.63) is 9.93 Å². The predicted octanol–water partition coefficient (Wildman–Crippen LogP) is -0.187. The van der Waals surface area contributed by atoms with Gasteiger partial charge in [-0.15, -0.1) is 0 Å². The van der Waals surface area contributed by atoms with E-state index in [0.29, 0.717) is 0 Å². The average molecular weight is 168 g/mol. The summed E-state index contributed by atoms with van der Waals surface area (Å²) in [6.07, 6.45) is 0. The Morgan fingerprint density at radius 2 is 1.12 bits per heavy atom. The maximum atomic E-state index is 8.29. The van der Waals surface area contributed by atoms with Crippen LogP contribution in [0.5, 0.6) is 0 Å². The van der Waals surface area contributed by atoms with Crippen molar-refractivity contribution in [3.8, 4) is 0 Å². The van der Waals surface area contributed by atoms with Crippen LogP contribution in [0.2, 0.25) is 0 Å². The lowest BCUT2D eigenvalue weighted by atomic mass is 12.0. The summed E-state index contributed by atoms with van der Waals surface area (Å²) in [6.45, 7) is 0. The van der Waals surface area contributed by atoms with Crippen LogP contribution < -0.4 is 0 Å². The Morgan fingerprint density at radius 1 is 1.12 bits per heavy atom. The molecule has 8 heavy (non-hydrogen) atoms. The Morgan fingerprint density at radius 3 is 1.12 bits per heavy atom. The highest BCUT2D eigenvalue weighted by Crippen LogP contribution is 0.846. The molecule has 0 atom stereocenters. The van der Waals surface area contributed by atoms with Gasteiger partial charge in [-0.05, 0) is 0 Å². The Hall–Kier alpha value is -0.270. The van der Waals surface area contributed by atoms with Crippen LogP contribution in [0.3, 0.4) is 0 Å². The van der Waals surface area contributed by atoms with Crippen LogP contribution >= 0.6 is 13.5 Å². The van der Waals surface area contributed by atoms with E-state index in [2.05, 4.69) is 0 Å². The van der Waals surface area contributed by atoms with Crippen molar-refractivity contribution in [1.29, 1.82) is 0 Å². The van der Waals surface area contributed by atoms with Crippen LogP contribution in [-0.4, -0.2) is 13.9 Å². The van der Waals surface area contributed by atoms with Gasteiger partial charge in [0.15, 0.2) is 0 Å². The highest BCUT2D eigenvalue weighted by Gasteiger charge is 1.12. The summed E-state index contributed by atoms with van der Waals surface area (Å²) >= 11 is -0.750. The molecule has 0 aliphatic carbocycles. The quantitative estimate of drug-likeness (QED) is 0.500. The topological polar surface area (TPSA) is 99.8 Å². The number of rotatable bonds is 0. The van der Waals surface area contributed by atoms with Crippen molar-refractivity contribution in [2.75, 3.05) is 0 Å². The SMILES string of the molecule is C.O.O=O.O=S=O.S.[HH].[HH]. The Labute approximate surface area is 60.0 Å². The largest absolute Gasteiger partial charge is 0.412 e. The van der Waals surface area contributed by atoms with E-state index in [1.165, 1.54) is 0 Å². The molecule has 0 bridgehead atoms. The molecule has 0 heterocycles. The van der Waals surface area contributed by atoms with Crippen LogP contribution in [0.4, 0.5) is 0 Å². The van der Waals surface area contributed by atoms with Crippen molar-refractivity contribution in [1.82, 2.24) is 0 Å². The van der Waals surface area contributed by atoms with Gasteiger partial charge < -0.3 is 5.48 Å². The van der Waals surface area contributed by atoms with E-state index in [4.69, 9.17) is 18.3 Å². The van der Waals surface area contributed by atoms with Crippen LogP contribution in [0.25, 0.3) is 0 Å². The van der Waals surface area contributed by atoms with Gasteiger partial charge >= 0.3 is 11.6 Å². The molecule has 2 N–H and O–H groups in total. The van der Waals surface area contributed by atoms with Crippen LogP contribution in [0, 0.1) is 9.93 Å². The molecule has 58 valence electrons. The normalized spacial score (nSPS) is 2.00. The van der Waals surface area contributed by atoms with E-state index < -0.39 is 11.6 Å². The average Bonchev–Trinajstić information content (AvgIpc) is 1.46. The second-order valence-corrected chi connectivity index (χ2v) is 0.204. The van der Waals surface area contributed by atoms with Gasteiger partial charge in [0.2, 0.25) is 0 Å². The molecule has 0 spiro atoms. The second-order valence-electron chi connectivity index (χ2n) is 0.0680. The summed E-state index contributed by atoms with van der Waals surface area (Å²) in [7, 11) is 0. The molecular weight excluding hydrogens is 156 g/mol. The van der Waals surface area contributed by atoms with Crippen LogP contribution in [0.1, 0.15) is 10.3 Å². The lowest BCUT2D eigenvalue weighted by Gasteiger charge is -0.947. The van der Waals surface area contributed by atoms with Gasteiger partial charge in [-0.1, -0.05) is 7.43 Å². The molecule has 7 heteroatoms. The van der Waals surface area contributed by atoms with Crippen LogP contribution in [0.15, 0.2) is 0 Å². The maximum absolute atomic E-state index is 8.29. The Kier molecular flexibility index (Phi) is 2430. The third-order valence-electron chi connectivity index (χ3n) is 0. The molecule has 0 aromatic carbocycles. The van der Waals surface area contributed by atoms with Gasteiger partial charge in [-0.2, -0.15) is 21.9 Å². The zero-order valence-electron chi connectivity index (χ0n) is 3.04. The van der Waals surface area contributed by atoms with E-state index in [0.717, 1.165) is 0 Å². The fourth-order valence-electron chi connectivity index (χ4n) is 0. The molecule has 0 aliphatic rings. The number of hydrogen-bond donors (Lipinski definition) is 0. The molecule has 0 amide bonds. The molecule has 5 nitrogen and oxygen atoms in total. The minimum absolute atomic E-state index is 0. The zero-order valence-corrected chi connectivity index (χ0v) is 4.86. The zero-order chi connectivity index (χ0) is 4.71. The first-order valence-corrected chi connectivity index (χ1v) is 1.17. The summed E-state index contributed by atoms with van der Waals surface area (Å²) in [5.41, 5.74) is 0. The van der Waals surface area contributed by atoms with Gasteiger partial charge in [-0.25, -0.2) is 0 Å². The van der Waals surface area contributed by atoms with Crippen molar-refractivity contribution in [2.45, 2.75) is 7.43 Å². The van der Waals surface area contributed by atoms with Crippen molar-refractivity contribution in [2.24, 2.45) is 0 Å². The minimum atomic E-state index is -0.750. The fourth-order valence-corrected chi connectivity index (χ4v) is 0. The predicted molar refractivity (Wildman–Crippen MR) is 40.6 cm³/mol. The van der Waals surface area contributed by atoms with Crippen molar-refractivity contribution < 1.29 is 16.7 Å². The standard InChI is InChI=1S/CH4.O2S.O2.H2O.H2S.2H2/c;1-3-2;1-2;;;;/h1H4;;;2*1H2;2*1H. The van der Waals surface area contributed by atoms with Gasteiger partial charge in [-0.3, -0.25) is 0 Å². The molecule has 0 rings (SSSR count). The Balaban J connectivity index is -0.00000000246. The summed E-state index contributed by atoms with van der Waals surface area (Å²) in [4.78, 5) is 14.0. The lowest BCUT2D eigenvalue weighted by molar-refractivity contribution is 0.630. The van der Waals surface area contributed by atoms with Gasteiger partial charge in [0, 0.05) is 12.8 Å². The van der Waals surface area contributed by atoms with E-state index in [-0.39, 0.29) is 29.3 Å². The summed E-state index contributed by atoms with van der Waals surface area (Å²) < 4.78 is 16.6. The maximum Gasteiger partial charge on any atom is 0.335 e. The van der Waals surface area contributed by atoms with E-state index in [9.17, 15) is 0 Å². The lowest BCUT2D eigenvalue weighted by Crippen LogP contribution is -1.18. The molecule has 0 saturated heterocycles. The Bertz CT molecular complexity index is 46.9. The summed E-state index contributed by atoms with van der Waals surface area (Å²) in [5.74, 6) is 0. The van der Waals surface area contributed by atoms with Gasteiger partial charge in [0.05, 0.1) is 0 Å². The first kappa shape index (κ1) is 47.0. The minimum Gasteiger partial charge on any atom is -0.412 e. The molecule has 0 aliphatic heterocycles. The van der Waals surface area contributed by atoms with E-state index in [1.54, 1.807) is 0 Å². The molecule has 0 unspecified atom stereocenters. The number of hydrogen-bond acceptors (Lipinski definition) is 4.